The van der Waals surface area contributed by atoms with Crippen molar-refractivity contribution in [1.82, 2.24) is 0 Å². The van der Waals surface area contributed by atoms with Crippen LogP contribution in [0.25, 0.3) is 0 Å². The van der Waals surface area contributed by atoms with Gasteiger partial charge in [-0.15, -0.1) is 0 Å². The van der Waals surface area contributed by atoms with E-state index in [-0.39, 0.29) is 17.8 Å². The SMILES string of the molecule is CCCOc1ccc(F)c2c1N=CC(c1ccc(OC)cc1OC(C)C)C2. The molecule has 0 fully saturated rings. The summed E-state index contributed by atoms with van der Waals surface area (Å²) in [5.74, 6) is 1.77. The summed E-state index contributed by atoms with van der Waals surface area (Å²) in [5, 5.41) is 0. The topological polar surface area (TPSA) is 40.0 Å². The molecule has 3 rings (SSSR count). The maximum Gasteiger partial charge on any atom is 0.145 e. The van der Waals surface area contributed by atoms with Gasteiger partial charge >= 0.3 is 0 Å². The van der Waals surface area contributed by atoms with Crippen LogP contribution in [0.2, 0.25) is 0 Å². The van der Waals surface area contributed by atoms with Gasteiger partial charge in [-0.3, -0.25) is 4.99 Å². The highest BCUT2D eigenvalue weighted by molar-refractivity contribution is 5.79. The van der Waals surface area contributed by atoms with Crippen LogP contribution in [0, 0.1) is 5.82 Å². The van der Waals surface area contributed by atoms with E-state index >= 15 is 0 Å². The lowest BCUT2D eigenvalue weighted by Crippen LogP contribution is -2.14. The van der Waals surface area contributed by atoms with Crippen LogP contribution < -0.4 is 14.2 Å². The number of rotatable bonds is 7. The Morgan fingerprint density at radius 2 is 2.00 bits per heavy atom. The van der Waals surface area contributed by atoms with Gasteiger partial charge in [0.2, 0.25) is 0 Å². The van der Waals surface area contributed by atoms with Crippen molar-refractivity contribution < 1.29 is 18.6 Å². The third kappa shape index (κ3) is 4.24. The van der Waals surface area contributed by atoms with Crippen molar-refractivity contribution in [3.63, 3.8) is 0 Å². The van der Waals surface area contributed by atoms with Crippen molar-refractivity contribution in [2.45, 2.75) is 45.6 Å². The van der Waals surface area contributed by atoms with E-state index < -0.39 is 0 Å². The lowest BCUT2D eigenvalue weighted by molar-refractivity contribution is 0.238. The minimum absolute atomic E-state index is 0.0226. The molecule has 1 aliphatic rings. The average molecular weight is 371 g/mol. The van der Waals surface area contributed by atoms with Gasteiger partial charge in [0.05, 0.1) is 19.8 Å². The number of methoxy groups -OCH3 is 1. The minimum atomic E-state index is -0.254. The molecule has 0 radical (unpaired) electrons. The van der Waals surface area contributed by atoms with E-state index in [9.17, 15) is 4.39 Å². The van der Waals surface area contributed by atoms with Crippen molar-refractivity contribution in [2.24, 2.45) is 4.99 Å². The molecular formula is C22H26FNO3. The quantitative estimate of drug-likeness (QED) is 0.649. The van der Waals surface area contributed by atoms with Crippen LogP contribution in [-0.2, 0) is 6.42 Å². The molecule has 0 aliphatic carbocycles. The molecule has 0 N–H and O–H groups in total. The number of ether oxygens (including phenoxy) is 3. The minimum Gasteiger partial charge on any atom is -0.497 e. The van der Waals surface area contributed by atoms with Crippen LogP contribution in [0.15, 0.2) is 35.3 Å². The van der Waals surface area contributed by atoms with Crippen LogP contribution in [-0.4, -0.2) is 26.0 Å². The van der Waals surface area contributed by atoms with Gasteiger partial charge in [0.1, 0.15) is 28.8 Å². The summed E-state index contributed by atoms with van der Waals surface area (Å²) in [6.07, 6.45) is 3.28. The smallest absolute Gasteiger partial charge is 0.145 e. The van der Waals surface area contributed by atoms with Crippen LogP contribution >= 0.6 is 0 Å². The second-order valence-corrected chi connectivity index (χ2v) is 6.88. The molecule has 1 aliphatic heterocycles. The van der Waals surface area contributed by atoms with Crippen molar-refractivity contribution in [1.29, 1.82) is 0 Å². The van der Waals surface area contributed by atoms with Gasteiger partial charge in [0.15, 0.2) is 0 Å². The molecule has 4 nitrogen and oxygen atoms in total. The molecule has 1 heterocycles. The van der Waals surface area contributed by atoms with E-state index in [4.69, 9.17) is 14.2 Å². The summed E-state index contributed by atoms with van der Waals surface area (Å²) < 4.78 is 31.5. The largest absolute Gasteiger partial charge is 0.497 e. The number of hydrogen-bond donors (Lipinski definition) is 0. The summed E-state index contributed by atoms with van der Waals surface area (Å²) in [7, 11) is 1.62. The molecule has 1 atom stereocenters. The number of fused-ring (bicyclic) bond motifs is 1. The first-order chi connectivity index (χ1) is 13.0. The van der Waals surface area contributed by atoms with Crippen molar-refractivity contribution in [3.05, 3.63) is 47.3 Å². The Morgan fingerprint density at radius 3 is 2.70 bits per heavy atom. The standard InChI is InChI=1S/C22H26FNO3/c1-5-10-26-20-9-8-19(23)18-11-15(13-24-22(18)20)17-7-6-16(25-4)12-21(17)27-14(2)3/h6-9,12-15H,5,10-11H2,1-4H3. The monoisotopic (exact) mass is 371 g/mol. The molecule has 0 aromatic heterocycles. The number of nitrogens with zero attached hydrogens (tertiary/aromatic N) is 1. The summed E-state index contributed by atoms with van der Waals surface area (Å²) in [5.41, 5.74) is 2.15. The van der Waals surface area contributed by atoms with Gasteiger partial charge in [-0.25, -0.2) is 4.39 Å². The van der Waals surface area contributed by atoms with Crippen LogP contribution in [0.5, 0.6) is 17.2 Å². The summed E-state index contributed by atoms with van der Waals surface area (Å²) in [6.45, 7) is 6.58. The van der Waals surface area contributed by atoms with Gasteiger partial charge in [0, 0.05) is 29.3 Å². The molecule has 1 unspecified atom stereocenters. The van der Waals surface area contributed by atoms with E-state index in [0.29, 0.717) is 30.0 Å². The third-order valence-electron chi connectivity index (χ3n) is 4.44. The van der Waals surface area contributed by atoms with E-state index in [2.05, 4.69) is 4.99 Å². The lowest BCUT2D eigenvalue weighted by Gasteiger charge is -2.24. The maximum absolute atomic E-state index is 14.5. The second-order valence-electron chi connectivity index (χ2n) is 6.88. The third-order valence-corrected chi connectivity index (χ3v) is 4.44. The zero-order chi connectivity index (χ0) is 19.4. The molecule has 0 amide bonds. The first kappa shape index (κ1) is 19.2. The highest BCUT2D eigenvalue weighted by atomic mass is 19.1. The maximum atomic E-state index is 14.5. The molecule has 5 heteroatoms. The number of hydrogen-bond acceptors (Lipinski definition) is 4. The Hall–Kier alpha value is -2.56. The zero-order valence-electron chi connectivity index (χ0n) is 16.3. The molecule has 0 spiro atoms. The molecule has 144 valence electrons. The van der Waals surface area contributed by atoms with E-state index in [1.54, 1.807) is 13.2 Å². The number of benzene rings is 2. The van der Waals surface area contributed by atoms with Gasteiger partial charge in [-0.05, 0) is 44.9 Å². The molecular weight excluding hydrogens is 345 g/mol. The van der Waals surface area contributed by atoms with Crippen LogP contribution in [0.3, 0.4) is 0 Å². The predicted molar refractivity (Wildman–Crippen MR) is 106 cm³/mol. The van der Waals surface area contributed by atoms with Crippen LogP contribution in [0.1, 0.15) is 44.2 Å². The number of halogens is 1. The lowest BCUT2D eigenvalue weighted by atomic mass is 9.89. The highest BCUT2D eigenvalue weighted by Gasteiger charge is 2.25. The van der Waals surface area contributed by atoms with Gasteiger partial charge in [-0.2, -0.15) is 0 Å². The fourth-order valence-corrected chi connectivity index (χ4v) is 3.19. The predicted octanol–water partition coefficient (Wildman–Crippen LogP) is 5.45. The fourth-order valence-electron chi connectivity index (χ4n) is 3.19. The van der Waals surface area contributed by atoms with E-state index in [1.165, 1.54) is 6.07 Å². The van der Waals surface area contributed by atoms with Crippen LogP contribution in [0.4, 0.5) is 10.1 Å². The average Bonchev–Trinajstić information content (AvgIpc) is 2.67. The second kappa shape index (κ2) is 8.42. The fraction of sp³-hybridized carbons (Fsp3) is 0.409. The van der Waals surface area contributed by atoms with Crippen molar-refractivity contribution in [3.8, 4) is 17.2 Å². The van der Waals surface area contributed by atoms with Crippen molar-refractivity contribution >= 4 is 11.9 Å². The summed E-state index contributed by atoms with van der Waals surface area (Å²) in [6, 6.07) is 8.84. The molecule has 27 heavy (non-hydrogen) atoms. The molecule has 0 saturated heterocycles. The van der Waals surface area contributed by atoms with Crippen molar-refractivity contribution in [2.75, 3.05) is 13.7 Å². The molecule has 0 saturated carbocycles. The Balaban J connectivity index is 1.96. The van der Waals surface area contributed by atoms with E-state index in [1.807, 2.05) is 45.2 Å². The molecule has 2 aromatic rings. The first-order valence-corrected chi connectivity index (χ1v) is 9.36. The summed E-state index contributed by atoms with van der Waals surface area (Å²) >= 11 is 0. The zero-order valence-corrected chi connectivity index (χ0v) is 16.3. The highest BCUT2D eigenvalue weighted by Crippen LogP contribution is 2.41. The van der Waals surface area contributed by atoms with E-state index in [0.717, 1.165) is 23.5 Å². The molecule has 2 aromatic carbocycles. The Kier molecular flexibility index (Phi) is 5.99. The number of aliphatic imine (C=N–C) groups is 1. The Labute approximate surface area is 160 Å². The Bertz CT molecular complexity index is 833. The van der Waals surface area contributed by atoms with Gasteiger partial charge < -0.3 is 14.2 Å². The molecule has 0 bridgehead atoms. The Morgan fingerprint density at radius 1 is 1.19 bits per heavy atom. The van der Waals surface area contributed by atoms with Gasteiger partial charge in [0.25, 0.3) is 0 Å². The first-order valence-electron chi connectivity index (χ1n) is 9.36. The normalized spacial score (nSPS) is 15.6. The van der Waals surface area contributed by atoms with Gasteiger partial charge in [-0.1, -0.05) is 13.0 Å². The summed E-state index contributed by atoms with van der Waals surface area (Å²) in [4.78, 5) is 4.55.